The summed E-state index contributed by atoms with van der Waals surface area (Å²) in [5.74, 6) is 0.145. The highest BCUT2D eigenvalue weighted by atomic mass is 32.2. The van der Waals surface area contributed by atoms with Gasteiger partial charge in [0.1, 0.15) is 16.2 Å². The first-order valence-corrected chi connectivity index (χ1v) is 9.28. The number of hydrogen-bond acceptors (Lipinski definition) is 6. The lowest BCUT2D eigenvalue weighted by Crippen LogP contribution is -2.34. The summed E-state index contributed by atoms with van der Waals surface area (Å²) < 4.78 is 0. The number of aromatic nitrogens is 2. The zero-order chi connectivity index (χ0) is 16.4. The highest BCUT2D eigenvalue weighted by molar-refractivity contribution is 8.00. The molecule has 3 N–H and O–H groups in total. The standard InChI is InChI=1S/C15H18N4O2S2/c1-8-2-3-9-10(4-8)23-15-13(9)14(18-7-19-15)22-6-12(21)17-5-11(16)20/h7-8H,2-6H2,1H3,(H2,16,20)(H,17,21)/t8-/m0/s1. The molecule has 1 atom stereocenters. The number of hydrogen-bond donors (Lipinski definition) is 2. The minimum Gasteiger partial charge on any atom is -0.368 e. The number of primary amides is 1. The van der Waals surface area contributed by atoms with Gasteiger partial charge in [0.2, 0.25) is 11.8 Å². The molecule has 0 aliphatic heterocycles. The van der Waals surface area contributed by atoms with Crippen LogP contribution in [0.15, 0.2) is 11.4 Å². The quantitative estimate of drug-likeness (QED) is 0.629. The first-order valence-electron chi connectivity index (χ1n) is 7.47. The first kappa shape index (κ1) is 16.2. The van der Waals surface area contributed by atoms with Crippen LogP contribution in [0.5, 0.6) is 0 Å². The van der Waals surface area contributed by atoms with E-state index in [9.17, 15) is 9.59 Å². The van der Waals surface area contributed by atoms with Crippen LogP contribution in [0.2, 0.25) is 0 Å². The average molecular weight is 350 g/mol. The predicted molar refractivity (Wildman–Crippen MR) is 91.5 cm³/mol. The third-order valence-corrected chi connectivity index (χ3v) is 6.01. The highest BCUT2D eigenvalue weighted by Crippen LogP contribution is 2.40. The molecule has 2 amide bonds. The van der Waals surface area contributed by atoms with E-state index in [2.05, 4.69) is 22.2 Å². The van der Waals surface area contributed by atoms with Crippen LogP contribution in [-0.4, -0.2) is 34.1 Å². The van der Waals surface area contributed by atoms with E-state index < -0.39 is 5.91 Å². The summed E-state index contributed by atoms with van der Waals surface area (Å²) in [5, 5.41) is 4.43. The largest absolute Gasteiger partial charge is 0.368 e. The Labute approximate surface area is 142 Å². The lowest BCUT2D eigenvalue weighted by atomic mass is 9.89. The van der Waals surface area contributed by atoms with Crippen molar-refractivity contribution < 1.29 is 9.59 Å². The first-order chi connectivity index (χ1) is 11.0. The second kappa shape index (κ2) is 6.84. The van der Waals surface area contributed by atoms with Gasteiger partial charge in [-0.05, 0) is 30.7 Å². The minimum atomic E-state index is -0.547. The molecule has 0 saturated heterocycles. The van der Waals surface area contributed by atoms with Crippen molar-refractivity contribution in [1.82, 2.24) is 15.3 Å². The fourth-order valence-electron chi connectivity index (χ4n) is 2.73. The summed E-state index contributed by atoms with van der Waals surface area (Å²) in [6.07, 6.45) is 4.87. The Hall–Kier alpha value is -1.67. The minimum absolute atomic E-state index is 0.135. The Kier molecular flexibility index (Phi) is 4.82. The van der Waals surface area contributed by atoms with Gasteiger partial charge < -0.3 is 11.1 Å². The number of aryl methyl sites for hydroxylation is 1. The van der Waals surface area contributed by atoms with Crippen LogP contribution < -0.4 is 11.1 Å². The Morgan fingerprint density at radius 3 is 3.09 bits per heavy atom. The fraction of sp³-hybridized carbons (Fsp3) is 0.467. The van der Waals surface area contributed by atoms with E-state index in [0.717, 1.165) is 28.1 Å². The Morgan fingerprint density at radius 2 is 2.30 bits per heavy atom. The maximum absolute atomic E-state index is 11.7. The van der Waals surface area contributed by atoms with Crippen LogP contribution in [0.25, 0.3) is 10.2 Å². The zero-order valence-electron chi connectivity index (χ0n) is 12.8. The third kappa shape index (κ3) is 3.64. The van der Waals surface area contributed by atoms with Gasteiger partial charge in [0.15, 0.2) is 0 Å². The molecule has 0 bridgehead atoms. The van der Waals surface area contributed by atoms with Crippen LogP contribution in [-0.2, 0) is 22.4 Å². The molecule has 0 unspecified atom stereocenters. The lowest BCUT2D eigenvalue weighted by molar-refractivity contribution is -0.123. The van der Waals surface area contributed by atoms with Gasteiger partial charge >= 0.3 is 0 Å². The van der Waals surface area contributed by atoms with E-state index in [-0.39, 0.29) is 18.2 Å². The number of amides is 2. The monoisotopic (exact) mass is 350 g/mol. The zero-order valence-corrected chi connectivity index (χ0v) is 14.4. The molecule has 2 aromatic rings. The van der Waals surface area contributed by atoms with E-state index in [1.54, 1.807) is 17.7 Å². The van der Waals surface area contributed by atoms with E-state index >= 15 is 0 Å². The molecule has 0 saturated carbocycles. The van der Waals surface area contributed by atoms with Crippen LogP contribution in [0.4, 0.5) is 0 Å². The third-order valence-electron chi connectivity index (χ3n) is 3.86. The molecule has 2 aromatic heterocycles. The Balaban J connectivity index is 1.79. The van der Waals surface area contributed by atoms with Crippen molar-refractivity contribution >= 4 is 45.1 Å². The molecule has 2 heterocycles. The van der Waals surface area contributed by atoms with Gasteiger partial charge in [-0.3, -0.25) is 9.59 Å². The molecule has 0 aromatic carbocycles. The molecule has 1 aliphatic carbocycles. The van der Waals surface area contributed by atoms with E-state index in [0.29, 0.717) is 5.92 Å². The van der Waals surface area contributed by atoms with Crippen LogP contribution in [0.1, 0.15) is 23.8 Å². The maximum atomic E-state index is 11.7. The average Bonchev–Trinajstić information content (AvgIpc) is 2.88. The number of thiophene rings is 1. The molecule has 8 heteroatoms. The van der Waals surface area contributed by atoms with Gasteiger partial charge in [-0.1, -0.05) is 18.7 Å². The number of nitrogens with two attached hydrogens (primary N) is 1. The van der Waals surface area contributed by atoms with E-state index in [1.807, 2.05) is 0 Å². The number of carbonyl (C=O) groups is 2. The predicted octanol–water partition coefficient (Wildman–Crippen LogP) is 1.51. The maximum Gasteiger partial charge on any atom is 0.236 e. The van der Waals surface area contributed by atoms with Crippen LogP contribution in [0.3, 0.4) is 0 Å². The number of carbonyl (C=O) groups excluding carboxylic acids is 2. The topological polar surface area (TPSA) is 98.0 Å². The van der Waals surface area contributed by atoms with E-state index in [4.69, 9.17) is 5.73 Å². The molecule has 23 heavy (non-hydrogen) atoms. The summed E-state index contributed by atoms with van der Waals surface area (Å²) in [6.45, 7) is 2.14. The molecule has 0 radical (unpaired) electrons. The number of nitrogens with one attached hydrogen (secondary N) is 1. The Bertz CT molecular complexity index is 759. The van der Waals surface area contributed by atoms with Gasteiger partial charge in [0.25, 0.3) is 0 Å². The van der Waals surface area contributed by atoms with Crippen LogP contribution >= 0.6 is 23.1 Å². The highest BCUT2D eigenvalue weighted by Gasteiger charge is 2.23. The van der Waals surface area contributed by atoms with Gasteiger partial charge in [0, 0.05) is 10.3 Å². The summed E-state index contributed by atoms with van der Waals surface area (Å²) in [5.41, 5.74) is 6.37. The fourth-order valence-corrected chi connectivity index (χ4v) is 5.00. The van der Waals surface area contributed by atoms with Gasteiger partial charge in [0.05, 0.1) is 12.3 Å². The number of rotatable bonds is 5. The molecule has 6 nitrogen and oxygen atoms in total. The number of thioether (sulfide) groups is 1. The van der Waals surface area contributed by atoms with Gasteiger partial charge in [-0.15, -0.1) is 11.3 Å². The summed E-state index contributed by atoms with van der Waals surface area (Å²) in [4.78, 5) is 33.6. The molecule has 0 spiro atoms. The number of fused-ring (bicyclic) bond motifs is 3. The van der Waals surface area contributed by atoms with Gasteiger partial charge in [-0.25, -0.2) is 9.97 Å². The molecular weight excluding hydrogens is 332 g/mol. The van der Waals surface area contributed by atoms with Crippen molar-refractivity contribution in [3.63, 3.8) is 0 Å². The van der Waals surface area contributed by atoms with E-state index in [1.165, 1.54) is 28.6 Å². The van der Waals surface area contributed by atoms with Crippen molar-refractivity contribution in [3.8, 4) is 0 Å². The van der Waals surface area contributed by atoms with Crippen molar-refractivity contribution in [2.75, 3.05) is 12.3 Å². The second-order valence-electron chi connectivity index (χ2n) is 5.74. The molecular formula is C15H18N4O2S2. The molecule has 0 fully saturated rings. The molecule has 3 rings (SSSR count). The summed E-state index contributed by atoms with van der Waals surface area (Å²) in [7, 11) is 0. The second-order valence-corrected chi connectivity index (χ2v) is 7.79. The smallest absolute Gasteiger partial charge is 0.236 e. The summed E-state index contributed by atoms with van der Waals surface area (Å²) in [6, 6.07) is 0. The molecule has 1 aliphatic rings. The van der Waals surface area contributed by atoms with Crippen molar-refractivity contribution in [2.24, 2.45) is 11.7 Å². The van der Waals surface area contributed by atoms with Crippen molar-refractivity contribution in [1.29, 1.82) is 0 Å². The Morgan fingerprint density at radius 1 is 1.48 bits per heavy atom. The lowest BCUT2D eigenvalue weighted by Gasteiger charge is -2.18. The van der Waals surface area contributed by atoms with Crippen LogP contribution in [0, 0.1) is 5.92 Å². The number of nitrogens with zero attached hydrogens (tertiary/aromatic N) is 2. The van der Waals surface area contributed by atoms with Crippen molar-refractivity contribution in [3.05, 3.63) is 16.8 Å². The van der Waals surface area contributed by atoms with Crippen molar-refractivity contribution in [2.45, 2.75) is 31.2 Å². The normalized spacial score (nSPS) is 17.0. The summed E-state index contributed by atoms with van der Waals surface area (Å²) >= 11 is 3.12. The molecule has 122 valence electrons. The van der Waals surface area contributed by atoms with Gasteiger partial charge in [-0.2, -0.15) is 0 Å². The SMILES string of the molecule is C[C@H]1CCc2c(sc3ncnc(SCC(=O)NCC(N)=O)c23)C1.